The van der Waals surface area contributed by atoms with Crippen LogP contribution in [0.25, 0.3) is 32.9 Å². The number of anilines is 1. The van der Waals surface area contributed by atoms with Crippen LogP contribution < -0.4 is 15.2 Å². The number of fused-ring (bicyclic) bond motifs is 2. The Hall–Kier alpha value is -4.70. The number of amides is 1. The largest absolute Gasteiger partial charge is 0.491 e. The number of H-pyrrole nitrogens is 2. The summed E-state index contributed by atoms with van der Waals surface area (Å²) in [5.74, 6) is 0.919. The van der Waals surface area contributed by atoms with E-state index in [0.29, 0.717) is 41.8 Å². The Morgan fingerprint density at radius 2 is 1.86 bits per heavy atom. The van der Waals surface area contributed by atoms with E-state index in [1.165, 1.54) is 7.05 Å². The molecule has 1 amide bonds. The van der Waals surface area contributed by atoms with Gasteiger partial charge in [0.15, 0.2) is 0 Å². The van der Waals surface area contributed by atoms with Crippen molar-refractivity contribution in [3.05, 3.63) is 82.3 Å². The molecule has 5 aromatic rings. The number of methoxy groups -OCH3 is 1. The standard InChI is InChI=1S/C27H25N5O5/c1-32(27(34)35)26-28-21-9-8-17(15-23(21)29-26)20-13-16(7-10-24(20)37-12-11-36-2)14-22-18-5-3-4-6-19(18)25(33)31-30-22/h3-10,13,15H,11-12,14H2,1-2H3,(H,28,29)(H,31,33)(H,34,35). The molecule has 0 aliphatic heterocycles. The van der Waals surface area contributed by atoms with E-state index in [-0.39, 0.29) is 11.5 Å². The number of imidazole rings is 1. The van der Waals surface area contributed by atoms with Crippen LogP contribution >= 0.6 is 0 Å². The topological polar surface area (TPSA) is 133 Å². The second-order valence-corrected chi connectivity index (χ2v) is 8.53. The zero-order valence-corrected chi connectivity index (χ0v) is 20.3. The first-order valence-electron chi connectivity index (χ1n) is 11.6. The van der Waals surface area contributed by atoms with E-state index in [9.17, 15) is 14.7 Å². The number of carboxylic acid groups (broad SMARTS) is 1. The molecule has 37 heavy (non-hydrogen) atoms. The molecule has 0 aliphatic carbocycles. The van der Waals surface area contributed by atoms with Crippen LogP contribution in [0.3, 0.4) is 0 Å². The number of aromatic nitrogens is 4. The van der Waals surface area contributed by atoms with E-state index in [1.807, 2.05) is 54.6 Å². The normalized spacial score (nSPS) is 11.2. The Morgan fingerprint density at radius 3 is 2.65 bits per heavy atom. The summed E-state index contributed by atoms with van der Waals surface area (Å²) in [4.78, 5) is 32.0. The maximum atomic E-state index is 12.2. The van der Waals surface area contributed by atoms with Crippen molar-refractivity contribution in [3.63, 3.8) is 0 Å². The first kappa shape index (κ1) is 24.0. The van der Waals surface area contributed by atoms with Gasteiger partial charge in [-0.15, -0.1) is 0 Å². The minimum Gasteiger partial charge on any atom is -0.491 e. The third kappa shape index (κ3) is 4.87. The van der Waals surface area contributed by atoms with Gasteiger partial charge < -0.3 is 19.6 Å². The molecule has 188 valence electrons. The lowest BCUT2D eigenvalue weighted by Gasteiger charge is -2.14. The van der Waals surface area contributed by atoms with Crippen molar-refractivity contribution in [2.24, 2.45) is 0 Å². The van der Waals surface area contributed by atoms with Crippen LogP contribution in [0, 0.1) is 0 Å². The van der Waals surface area contributed by atoms with Crippen molar-refractivity contribution in [2.45, 2.75) is 6.42 Å². The Morgan fingerprint density at radius 1 is 1.05 bits per heavy atom. The van der Waals surface area contributed by atoms with Crippen molar-refractivity contribution >= 4 is 33.8 Å². The van der Waals surface area contributed by atoms with E-state index >= 15 is 0 Å². The van der Waals surface area contributed by atoms with E-state index in [0.717, 1.165) is 32.7 Å². The van der Waals surface area contributed by atoms with E-state index in [1.54, 1.807) is 13.2 Å². The average Bonchev–Trinajstić information content (AvgIpc) is 3.34. The van der Waals surface area contributed by atoms with Gasteiger partial charge in [0, 0.05) is 31.5 Å². The summed E-state index contributed by atoms with van der Waals surface area (Å²) < 4.78 is 11.1. The van der Waals surface area contributed by atoms with Gasteiger partial charge in [-0.2, -0.15) is 5.10 Å². The van der Waals surface area contributed by atoms with Gasteiger partial charge in [0.05, 0.1) is 28.7 Å². The van der Waals surface area contributed by atoms with Crippen LogP contribution in [0.4, 0.5) is 10.7 Å². The van der Waals surface area contributed by atoms with Crippen molar-refractivity contribution in [1.29, 1.82) is 0 Å². The fourth-order valence-electron chi connectivity index (χ4n) is 4.19. The number of nitrogens with one attached hydrogen (secondary N) is 2. The molecule has 0 fully saturated rings. The van der Waals surface area contributed by atoms with E-state index in [4.69, 9.17) is 9.47 Å². The molecular weight excluding hydrogens is 474 g/mol. The first-order chi connectivity index (χ1) is 17.9. The molecule has 0 radical (unpaired) electrons. The summed E-state index contributed by atoms with van der Waals surface area (Å²) in [5.41, 5.74) is 4.59. The van der Waals surface area contributed by atoms with Gasteiger partial charge >= 0.3 is 6.09 Å². The van der Waals surface area contributed by atoms with Gasteiger partial charge in [0.1, 0.15) is 12.4 Å². The van der Waals surface area contributed by atoms with Crippen molar-refractivity contribution in [2.75, 3.05) is 32.3 Å². The number of benzene rings is 3. The molecule has 2 aromatic heterocycles. The van der Waals surface area contributed by atoms with Crippen LogP contribution in [0.5, 0.6) is 5.75 Å². The van der Waals surface area contributed by atoms with Gasteiger partial charge in [-0.25, -0.2) is 14.9 Å². The summed E-state index contributed by atoms with van der Waals surface area (Å²) in [7, 11) is 3.05. The van der Waals surface area contributed by atoms with Gasteiger partial charge in [-0.05, 0) is 41.5 Å². The minimum atomic E-state index is -1.11. The number of carbonyl (C=O) groups is 1. The summed E-state index contributed by atoms with van der Waals surface area (Å²) in [6, 6.07) is 19.0. The molecule has 0 spiro atoms. The van der Waals surface area contributed by atoms with Crippen LogP contribution in [0.1, 0.15) is 11.3 Å². The predicted octanol–water partition coefficient (Wildman–Crippen LogP) is 4.20. The Kier molecular flexibility index (Phi) is 6.57. The number of nitrogens with zero attached hydrogens (tertiary/aromatic N) is 3. The number of aromatic amines is 2. The third-order valence-corrected chi connectivity index (χ3v) is 6.12. The van der Waals surface area contributed by atoms with Gasteiger partial charge in [0.2, 0.25) is 5.95 Å². The van der Waals surface area contributed by atoms with Gasteiger partial charge in [0.25, 0.3) is 5.56 Å². The predicted molar refractivity (Wildman–Crippen MR) is 140 cm³/mol. The van der Waals surface area contributed by atoms with Crippen molar-refractivity contribution in [3.8, 4) is 16.9 Å². The summed E-state index contributed by atoms with van der Waals surface area (Å²) in [5, 5.41) is 17.6. The maximum absolute atomic E-state index is 12.2. The van der Waals surface area contributed by atoms with Crippen LogP contribution in [0.2, 0.25) is 0 Å². The Bertz CT molecular complexity index is 1660. The van der Waals surface area contributed by atoms with Gasteiger partial charge in [-0.3, -0.25) is 9.69 Å². The molecule has 0 unspecified atom stereocenters. The van der Waals surface area contributed by atoms with Crippen molar-refractivity contribution in [1.82, 2.24) is 20.2 Å². The molecule has 0 saturated carbocycles. The molecule has 0 bridgehead atoms. The SMILES string of the molecule is COCCOc1ccc(Cc2n[nH]c(=O)c3ccccc23)cc1-c1ccc2nc(N(C)C(=O)O)[nH]c2c1. The molecule has 2 heterocycles. The second-order valence-electron chi connectivity index (χ2n) is 8.53. The molecular formula is C27H25N5O5. The van der Waals surface area contributed by atoms with Gasteiger partial charge in [-0.1, -0.05) is 30.3 Å². The number of ether oxygens (including phenoxy) is 2. The first-order valence-corrected chi connectivity index (χ1v) is 11.6. The zero-order valence-electron chi connectivity index (χ0n) is 20.3. The highest BCUT2D eigenvalue weighted by Crippen LogP contribution is 2.34. The molecule has 0 saturated heterocycles. The number of rotatable bonds is 8. The van der Waals surface area contributed by atoms with Crippen molar-refractivity contribution < 1.29 is 19.4 Å². The molecule has 5 rings (SSSR count). The Labute approximate surface area is 211 Å². The molecule has 10 heteroatoms. The smallest absolute Gasteiger partial charge is 0.413 e. The number of hydrogen-bond acceptors (Lipinski definition) is 6. The lowest BCUT2D eigenvalue weighted by atomic mass is 9.98. The highest BCUT2D eigenvalue weighted by atomic mass is 16.5. The highest BCUT2D eigenvalue weighted by Gasteiger charge is 2.16. The molecule has 3 N–H and O–H groups in total. The monoisotopic (exact) mass is 499 g/mol. The summed E-state index contributed by atoms with van der Waals surface area (Å²) in [6.07, 6.45) is -0.605. The summed E-state index contributed by atoms with van der Waals surface area (Å²) in [6.45, 7) is 0.827. The molecule has 0 aliphatic rings. The Balaban J connectivity index is 1.55. The second kappa shape index (κ2) is 10.1. The minimum absolute atomic E-state index is 0.220. The lowest BCUT2D eigenvalue weighted by Crippen LogP contribution is -2.24. The molecule has 3 aromatic carbocycles. The quantitative estimate of drug-likeness (QED) is 0.273. The van der Waals surface area contributed by atoms with Crippen LogP contribution in [-0.4, -0.2) is 58.7 Å². The summed E-state index contributed by atoms with van der Waals surface area (Å²) >= 11 is 0. The molecule has 10 nitrogen and oxygen atoms in total. The fraction of sp³-hybridized carbons (Fsp3) is 0.185. The fourth-order valence-corrected chi connectivity index (χ4v) is 4.19. The highest BCUT2D eigenvalue weighted by molar-refractivity contribution is 5.89. The average molecular weight is 500 g/mol. The number of hydrogen-bond donors (Lipinski definition) is 3. The third-order valence-electron chi connectivity index (χ3n) is 6.12. The molecule has 0 atom stereocenters. The zero-order chi connectivity index (χ0) is 25.9. The van der Waals surface area contributed by atoms with Crippen LogP contribution in [-0.2, 0) is 11.2 Å². The lowest BCUT2D eigenvalue weighted by molar-refractivity contribution is 0.146. The van der Waals surface area contributed by atoms with E-state index in [2.05, 4.69) is 20.2 Å². The van der Waals surface area contributed by atoms with E-state index < -0.39 is 6.09 Å². The van der Waals surface area contributed by atoms with Crippen LogP contribution in [0.15, 0.2) is 65.5 Å². The maximum Gasteiger partial charge on any atom is 0.413 e.